The molecule has 0 saturated carbocycles. The largest absolute Gasteiger partial charge is 0.452 e. The van der Waals surface area contributed by atoms with Gasteiger partial charge in [-0.3, -0.25) is 19.2 Å². The number of ether oxygens (including phenoxy) is 1. The highest BCUT2D eigenvalue weighted by Crippen LogP contribution is 2.20. The van der Waals surface area contributed by atoms with Crippen molar-refractivity contribution >= 4 is 23.4 Å². The Morgan fingerprint density at radius 3 is 2.26 bits per heavy atom. The Bertz CT molecular complexity index is 929. The van der Waals surface area contributed by atoms with Crippen molar-refractivity contribution in [3.05, 3.63) is 23.8 Å². The van der Waals surface area contributed by atoms with Crippen LogP contribution in [0.25, 0.3) is 0 Å². The molecule has 1 heterocycles. The second-order valence-corrected chi connectivity index (χ2v) is 12.4. The molecule has 0 fully saturated rings. The van der Waals surface area contributed by atoms with Gasteiger partial charge in [0.25, 0.3) is 5.91 Å². The monoisotopic (exact) mass is 607 g/mol. The van der Waals surface area contributed by atoms with Gasteiger partial charge >= 0.3 is 5.97 Å². The lowest BCUT2D eigenvalue weighted by atomic mass is 9.91. The summed E-state index contributed by atoms with van der Waals surface area (Å²) in [5.74, 6) is -1.57. The quantitative estimate of drug-likeness (QED) is 0.336. The predicted octanol–water partition coefficient (Wildman–Crippen LogP) is 4.75. The van der Waals surface area contributed by atoms with Gasteiger partial charge < -0.3 is 25.4 Å². The molecule has 9 heteroatoms. The molecule has 0 radical (unpaired) electrons. The first-order chi connectivity index (χ1) is 20.4. The number of aliphatic hydroxyl groups excluding tert-OH is 3. The van der Waals surface area contributed by atoms with Crippen LogP contribution < -0.4 is 5.32 Å². The number of rotatable bonds is 3. The number of carbonyl (C=O) groups excluding carboxylic acids is 4. The second kappa shape index (κ2) is 21.4. The van der Waals surface area contributed by atoms with E-state index in [1.54, 1.807) is 13.8 Å². The van der Waals surface area contributed by atoms with Crippen LogP contribution in [0.1, 0.15) is 118 Å². The summed E-state index contributed by atoms with van der Waals surface area (Å²) in [7, 11) is 0. The number of ketones is 2. The molecule has 0 aliphatic carbocycles. The average molecular weight is 608 g/mol. The van der Waals surface area contributed by atoms with Crippen molar-refractivity contribution in [2.45, 2.75) is 143 Å². The minimum atomic E-state index is -1.16. The number of nitrogens with one attached hydrogen (secondary N) is 1. The highest BCUT2D eigenvalue weighted by molar-refractivity contribution is 5.85. The Labute approximate surface area is 258 Å². The Morgan fingerprint density at radius 2 is 1.58 bits per heavy atom. The first-order valence-electron chi connectivity index (χ1n) is 16.3. The lowest BCUT2D eigenvalue weighted by Crippen LogP contribution is -2.43. The fourth-order valence-electron chi connectivity index (χ4n) is 5.23. The van der Waals surface area contributed by atoms with Gasteiger partial charge in [-0.25, -0.2) is 0 Å². The third-order valence-electron chi connectivity index (χ3n) is 8.26. The van der Waals surface area contributed by atoms with Gasteiger partial charge in [0.1, 0.15) is 11.6 Å². The molecule has 246 valence electrons. The zero-order valence-electron chi connectivity index (χ0n) is 27.1. The summed E-state index contributed by atoms with van der Waals surface area (Å²) in [6, 6.07) is 0. The topological polar surface area (TPSA) is 150 Å². The summed E-state index contributed by atoms with van der Waals surface area (Å²) >= 11 is 0. The number of hydrogen-bond acceptors (Lipinski definition) is 8. The standard InChI is InChI=1S/C34H57NO8/c1-6-11-32-33(41)35-22-28(37)21-31(40)30(39)19-18-23(3)12-8-13-26(7-2)14-9-15-27(36)16-10-17-29(38)24(4)20-25(5)34(42)43-32/h8,12-13,24-26,28,30-32,37,39-40H,6-7,9-11,14-22H2,1-5H3,(H,35,41). The summed E-state index contributed by atoms with van der Waals surface area (Å²) in [6.45, 7) is 9.21. The number of aliphatic hydroxyl groups is 3. The lowest BCUT2D eigenvalue weighted by molar-refractivity contribution is -0.160. The number of carbonyl (C=O) groups is 4. The third kappa shape index (κ3) is 16.3. The van der Waals surface area contributed by atoms with Gasteiger partial charge in [-0.15, -0.1) is 0 Å². The first-order valence-corrected chi connectivity index (χ1v) is 16.3. The Kier molecular flexibility index (Phi) is 19.2. The molecule has 0 saturated heterocycles. The van der Waals surface area contributed by atoms with Crippen LogP contribution in [0, 0.1) is 17.8 Å². The van der Waals surface area contributed by atoms with Crippen molar-refractivity contribution in [1.29, 1.82) is 0 Å². The molecule has 0 aromatic rings. The van der Waals surface area contributed by atoms with E-state index in [1.165, 1.54) is 0 Å². The fraction of sp³-hybridized carbons (Fsp3) is 0.765. The second-order valence-electron chi connectivity index (χ2n) is 12.4. The van der Waals surface area contributed by atoms with Crippen LogP contribution in [0.3, 0.4) is 0 Å². The maximum atomic E-state index is 12.8. The summed E-state index contributed by atoms with van der Waals surface area (Å²) < 4.78 is 5.50. The maximum Gasteiger partial charge on any atom is 0.309 e. The van der Waals surface area contributed by atoms with Crippen molar-refractivity contribution < 1.29 is 39.2 Å². The zero-order chi connectivity index (χ0) is 32.4. The molecule has 4 N–H and O–H groups in total. The van der Waals surface area contributed by atoms with Gasteiger partial charge in [0.15, 0.2) is 6.10 Å². The van der Waals surface area contributed by atoms with E-state index in [2.05, 4.69) is 18.3 Å². The van der Waals surface area contributed by atoms with Crippen molar-refractivity contribution in [3.63, 3.8) is 0 Å². The van der Waals surface area contributed by atoms with Crippen LogP contribution in [0.4, 0.5) is 0 Å². The maximum absolute atomic E-state index is 12.8. The molecular formula is C34H57NO8. The number of Topliss-reactive ketones (excluding diaryl/α,β-unsaturated/α-hetero) is 2. The number of allylic oxidation sites excluding steroid dienone is 4. The fourth-order valence-corrected chi connectivity index (χ4v) is 5.23. The van der Waals surface area contributed by atoms with Crippen LogP contribution in [0.2, 0.25) is 0 Å². The molecule has 1 aliphatic rings. The molecule has 1 rings (SSSR count). The highest BCUT2D eigenvalue weighted by Gasteiger charge is 2.28. The molecule has 1 amide bonds. The van der Waals surface area contributed by atoms with Gasteiger partial charge in [0.2, 0.25) is 0 Å². The van der Waals surface area contributed by atoms with Gasteiger partial charge in [-0.2, -0.15) is 0 Å². The third-order valence-corrected chi connectivity index (χ3v) is 8.26. The molecular weight excluding hydrogens is 550 g/mol. The Balaban J connectivity index is 2.94. The van der Waals surface area contributed by atoms with E-state index >= 15 is 0 Å². The Hall–Kier alpha value is -2.36. The van der Waals surface area contributed by atoms with Gasteiger partial charge in [0.05, 0.1) is 24.2 Å². The molecule has 7 unspecified atom stereocenters. The zero-order valence-corrected chi connectivity index (χ0v) is 27.1. The number of hydrogen-bond donors (Lipinski definition) is 4. The lowest BCUT2D eigenvalue weighted by Gasteiger charge is -2.23. The van der Waals surface area contributed by atoms with E-state index in [1.807, 2.05) is 26.0 Å². The molecule has 0 bridgehead atoms. The van der Waals surface area contributed by atoms with Gasteiger partial charge in [-0.05, 0) is 64.2 Å². The smallest absolute Gasteiger partial charge is 0.309 e. The van der Waals surface area contributed by atoms with Crippen LogP contribution in [-0.4, -0.2) is 69.7 Å². The SMILES string of the molecule is CCCC1OC(=O)C(C)CC(C)C(=O)CCCC(=O)CCCC(CC)C=CC=C(C)CCC(O)C(O)CC(O)CNC1=O. The summed E-state index contributed by atoms with van der Waals surface area (Å²) in [5.41, 5.74) is 1.04. The van der Waals surface area contributed by atoms with E-state index in [0.29, 0.717) is 50.9 Å². The molecule has 0 aromatic heterocycles. The van der Waals surface area contributed by atoms with E-state index < -0.39 is 42.2 Å². The number of cyclic esters (lactones) is 1. The Morgan fingerprint density at radius 1 is 0.884 bits per heavy atom. The molecule has 9 nitrogen and oxygen atoms in total. The van der Waals surface area contributed by atoms with Gasteiger partial charge in [0, 0.05) is 38.1 Å². The minimum absolute atomic E-state index is 0.00397. The first kappa shape index (κ1) is 38.7. The minimum Gasteiger partial charge on any atom is -0.452 e. The predicted molar refractivity (Wildman–Crippen MR) is 167 cm³/mol. The van der Waals surface area contributed by atoms with E-state index in [0.717, 1.165) is 24.8 Å². The van der Waals surface area contributed by atoms with Crippen LogP contribution in [0.5, 0.6) is 0 Å². The molecule has 1 aliphatic heterocycles. The molecule has 0 spiro atoms. The highest BCUT2D eigenvalue weighted by atomic mass is 16.5. The van der Waals surface area contributed by atoms with Crippen molar-refractivity contribution in [2.75, 3.05) is 6.54 Å². The van der Waals surface area contributed by atoms with Crippen molar-refractivity contribution in [3.8, 4) is 0 Å². The molecule has 43 heavy (non-hydrogen) atoms. The summed E-state index contributed by atoms with van der Waals surface area (Å²) in [4.78, 5) is 50.6. The summed E-state index contributed by atoms with van der Waals surface area (Å²) in [5, 5.41) is 33.8. The van der Waals surface area contributed by atoms with E-state index in [9.17, 15) is 34.5 Å². The van der Waals surface area contributed by atoms with Crippen LogP contribution >= 0.6 is 0 Å². The number of amides is 1. The molecule has 0 aromatic carbocycles. The average Bonchev–Trinajstić information content (AvgIpc) is 2.96. The van der Waals surface area contributed by atoms with Gasteiger partial charge in [-0.1, -0.05) is 57.9 Å². The van der Waals surface area contributed by atoms with E-state index in [4.69, 9.17) is 4.74 Å². The van der Waals surface area contributed by atoms with Crippen LogP contribution in [0.15, 0.2) is 23.8 Å². The number of esters is 1. The van der Waals surface area contributed by atoms with E-state index in [-0.39, 0.29) is 43.3 Å². The van der Waals surface area contributed by atoms with Crippen molar-refractivity contribution in [1.82, 2.24) is 5.32 Å². The molecule has 7 atom stereocenters. The number of β-amino-alcohol motifs (C(OH)–C–C–N with tert-alkyl or cyclic N) is 1. The van der Waals surface area contributed by atoms with Crippen LogP contribution in [-0.2, 0) is 23.9 Å². The summed E-state index contributed by atoms with van der Waals surface area (Å²) in [6.07, 6.45) is 8.06. The normalized spacial score (nSPS) is 31.3. The van der Waals surface area contributed by atoms with Crippen molar-refractivity contribution in [2.24, 2.45) is 17.8 Å².